The lowest BCUT2D eigenvalue weighted by molar-refractivity contribution is -0.129. The Bertz CT molecular complexity index is 630. The maximum atomic E-state index is 11.9. The predicted molar refractivity (Wildman–Crippen MR) is 70.4 cm³/mol. The van der Waals surface area contributed by atoms with Crippen LogP contribution >= 0.6 is 0 Å². The second kappa shape index (κ2) is 4.40. The minimum absolute atomic E-state index is 0.113. The van der Waals surface area contributed by atoms with Gasteiger partial charge in [0.2, 0.25) is 5.91 Å². The van der Waals surface area contributed by atoms with Crippen molar-refractivity contribution in [1.82, 2.24) is 4.90 Å². The summed E-state index contributed by atoms with van der Waals surface area (Å²) in [6, 6.07) is 5.92. The van der Waals surface area contributed by atoms with Gasteiger partial charge in [-0.15, -0.1) is 0 Å². The third kappa shape index (κ3) is 1.96. The topological polar surface area (TPSA) is 81.4 Å². The maximum Gasteiger partial charge on any atom is 0.224 e. The van der Waals surface area contributed by atoms with Gasteiger partial charge in [-0.1, -0.05) is 17.7 Å². The summed E-state index contributed by atoms with van der Waals surface area (Å²) in [4.78, 5) is 20.9. The Kier molecular flexibility index (Phi) is 2.72. The lowest BCUT2D eigenvalue weighted by Crippen LogP contribution is -2.30. The molecule has 2 heterocycles. The Morgan fingerprint density at radius 1 is 1.53 bits per heavy atom. The van der Waals surface area contributed by atoms with Gasteiger partial charge in [0.05, 0.1) is 0 Å². The van der Waals surface area contributed by atoms with Crippen LogP contribution in [0.5, 0.6) is 0 Å². The predicted octanol–water partition coefficient (Wildman–Crippen LogP) is 2.51. The first-order valence-corrected chi connectivity index (χ1v) is 6.21. The van der Waals surface area contributed by atoms with E-state index in [1.807, 2.05) is 25.1 Å². The molecule has 0 N–H and O–H groups in total. The highest BCUT2D eigenvalue weighted by molar-refractivity contribution is 6.01. The highest BCUT2D eigenvalue weighted by Gasteiger charge is 2.33. The molecule has 2 aliphatic rings. The van der Waals surface area contributed by atoms with Crippen molar-refractivity contribution in [1.29, 1.82) is 0 Å². The maximum absolute atomic E-state index is 11.9. The number of hydrogen-bond acceptors (Lipinski definition) is 3. The summed E-state index contributed by atoms with van der Waals surface area (Å²) in [6.45, 7) is 2.51. The zero-order valence-electron chi connectivity index (χ0n) is 10.6. The van der Waals surface area contributed by atoms with Gasteiger partial charge in [-0.05, 0) is 35.6 Å². The summed E-state index contributed by atoms with van der Waals surface area (Å²) in [6.07, 6.45) is 1.01. The fourth-order valence-corrected chi connectivity index (χ4v) is 2.60. The Balaban J connectivity index is 2.17. The number of aryl methyl sites for hydroxylation is 1. The van der Waals surface area contributed by atoms with Crippen LogP contribution < -0.4 is 0 Å². The Morgan fingerprint density at radius 2 is 2.37 bits per heavy atom. The van der Waals surface area contributed by atoms with E-state index in [9.17, 15) is 4.79 Å². The first kappa shape index (κ1) is 11.7. The molecule has 96 valence electrons. The number of benzene rings is 1. The SMILES string of the molecule is Cc1ccc2c(c1)C(N=[N+]=[N-])=NC1CCC(=O)N1C2. The standard InChI is InChI=1S/C13H13N5O/c1-8-2-3-9-7-18-11(4-5-12(18)19)15-13(16-17-14)10(9)6-8/h2-3,6,11H,4-5,7H2,1H3. The molecule has 6 nitrogen and oxygen atoms in total. The molecular formula is C13H13N5O. The van der Waals surface area contributed by atoms with Crippen molar-refractivity contribution in [2.24, 2.45) is 10.1 Å². The number of carbonyl (C=O) groups excluding carboxylic acids is 1. The average Bonchev–Trinajstić information content (AvgIpc) is 2.65. The number of amidine groups is 1. The van der Waals surface area contributed by atoms with E-state index in [2.05, 4.69) is 15.0 Å². The number of nitrogens with zero attached hydrogens (tertiary/aromatic N) is 5. The molecule has 2 aliphatic heterocycles. The smallest absolute Gasteiger partial charge is 0.224 e. The second-order valence-electron chi connectivity index (χ2n) is 4.84. The molecular weight excluding hydrogens is 242 g/mol. The van der Waals surface area contributed by atoms with Crippen LogP contribution in [0.2, 0.25) is 0 Å². The minimum Gasteiger partial charge on any atom is -0.316 e. The zero-order chi connectivity index (χ0) is 13.4. The van der Waals surface area contributed by atoms with Crippen LogP contribution in [0.15, 0.2) is 28.3 Å². The van der Waals surface area contributed by atoms with E-state index in [1.54, 1.807) is 4.90 Å². The van der Waals surface area contributed by atoms with Crippen LogP contribution in [-0.2, 0) is 11.3 Å². The molecule has 1 amide bonds. The fraction of sp³-hybridized carbons (Fsp3) is 0.385. The van der Waals surface area contributed by atoms with Crippen LogP contribution in [0.3, 0.4) is 0 Å². The molecule has 0 bridgehead atoms. The zero-order valence-corrected chi connectivity index (χ0v) is 10.6. The van der Waals surface area contributed by atoms with Crippen molar-refractivity contribution >= 4 is 11.7 Å². The van der Waals surface area contributed by atoms with Gasteiger partial charge in [-0.3, -0.25) is 9.79 Å². The van der Waals surface area contributed by atoms with Crippen molar-refractivity contribution < 1.29 is 4.79 Å². The lowest BCUT2D eigenvalue weighted by Gasteiger charge is -2.19. The molecule has 0 aromatic heterocycles. The first-order chi connectivity index (χ1) is 9.19. The summed E-state index contributed by atoms with van der Waals surface area (Å²) >= 11 is 0. The second-order valence-corrected chi connectivity index (χ2v) is 4.84. The molecule has 1 fully saturated rings. The van der Waals surface area contributed by atoms with E-state index in [0.29, 0.717) is 25.2 Å². The van der Waals surface area contributed by atoms with Crippen LogP contribution in [-0.4, -0.2) is 22.8 Å². The molecule has 19 heavy (non-hydrogen) atoms. The van der Waals surface area contributed by atoms with Crippen molar-refractivity contribution in [3.8, 4) is 0 Å². The molecule has 1 aromatic carbocycles. The van der Waals surface area contributed by atoms with Crippen molar-refractivity contribution in [3.63, 3.8) is 0 Å². The largest absolute Gasteiger partial charge is 0.316 e. The van der Waals surface area contributed by atoms with Gasteiger partial charge in [-0.25, -0.2) is 0 Å². The molecule has 6 heteroatoms. The molecule has 1 unspecified atom stereocenters. The molecule has 0 spiro atoms. The fourth-order valence-electron chi connectivity index (χ4n) is 2.60. The van der Waals surface area contributed by atoms with E-state index in [4.69, 9.17) is 5.53 Å². The van der Waals surface area contributed by atoms with Gasteiger partial charge < -0.3 is 4.90 Å². The van der Waals surface area contributed by atoms with E-state index in [1.165, 1.54) is 0 Å². The molecule has 0 saturated carbocycles. The highest BCUT2D eigenvalue weighted by atomic mass is 16.2. The normalized spacial score (nSPS) is 21.1. The number of hydrogen-bond donors (Lipinski definition) is 0. The molecule has 0 radical (unpaired) electrons. The molecule has 1 aromatic rings. The number of carbonyl (C=O) groups is 1. The van der Waals surface area contributed by atoms with Gasteiger partial charge in [0.15, 0.2) is 0 Å². The Morgan fingerprint density at radius 3 is 3.16 bits per heavy atom. The molecule has 1 atom stereocenters. The lowest BCUT2D eigenvalue weighted by atomic mass is 10.0. The van der Waals surface area contributed by atoms with Crippen LogP contribution in [0.1, 0.15) is 29.5 Å². The van der Waals surface area contributed by atoms with Gasteiger partial charge in [-0.2, -0.15) is 0 Å². The Hall–Kier alpha value is -2.33. The summed E-state index contributed by atoms with van der Waals surface area (Å²) in [5.41, 5.74) is 11.6. The van der Waals surface area contributed by atoms with Crippen molar-refractivity contribution in [3.05, 3.63) is 45.3 Å². The first-order valence-electron chi connectivity index (χ1n) is 6.21. The van der Waals surface area contributed by atoms with E-state index in [0.717, 1.165) is 16.7 Å². The minimum atomic E-state index is -0.194. The van der Waals surface area contributed by atoms with E-state index < -0.39 is 0 Å². The van der Waals surface area contributed by atoms with Gasteiger partial charge >= 0.3 is 0 Å². The number of rotatable bonds is 0. The van der Waals surface area contributed by atoms with Crippen molar-refractivity contribution in [2.45, 2.75) is 32.5 Å². The third-order valence-electron chi connectivity index (χ3n) is 3.55. The number of aliphatic imine (C=N–C) groups is 1. The molecule has 3 rings (SSSR count). The number of azide groups is 1. The summed E-state index contributed by atoms with van der Waals surface area (Å²) in [5.74, 6) is 0.505. The quantitative estimate of drug-likeness (QED) is 0.398. The Labute approximate surface area is 110 Å². The summed E-state index contributed by atoms with van der Waals surface area (Å²) in [7, 11) is 0. The monoisotopic (exact) mass is 255 g/mol. The van der Waals surface area contributed by atoms with Crippen molar-refractivity contribution in [2.75, 3.05) is 0 Å². The number of fused-ring (bicyclic) bond motifs is 2. The van der Waals surface area contributed by atoms with Gasteiger partial charge in [0.1, 0.15) is 12.0 Å². The van der Waals surface area contributed by atoms with E-state index >= 15 is 0 Å². The van der Waals surface area contributed by atoms with Crippen LogP contribution in [0, 0.1) is 6.92 Å². The molecule has 1 saturated heterocycles. The third-order valence-corrected chi connectivity index (χ3v) is 3.55. The number of amides is 1. The van der Waals surface area contributed by atoms with Crippen LogP contribution in [0.25, 0.3) is 10.4 Å². The average molecular weight is 255 g/mol. The van der Waals surface area contributed by atoms with Crippen LogP contribution in [0.4, 0.5) is 0 Å². The summed E-state index contributed by atoms with van der Waals surface area (Å²) < 4.78 is 0. The highest BCUT2D eigenvalue weighted by Crippen LogP contribution is 2.28. The molecule has 0 aliphatic carbocycles. The van der Waals surface area contributed by atoms with Gasteiger partial charge in [0, 0.05) is 23.4 Å². The van der Waals surface area contributed by atoms with Gasteiger partial charge in [0.25, 0.3) is 0 Å². The summed E-state index contributed by atoms with van der Waals surface area (Å²) in [5, 5.41) is 3.70. The van der Waals surface area contributed by atoms with E-state index in [-0.39, 0.29) is 12.1 Å².